The molecule has 90 valence electrons. The van der Waals surface area contributed by atoms with Gasteiger partial charge in [-0.1, -0.05) is 5.57 Å². The molecule has 4 nitrogen and oxygen atoms in total. The van der Waals surface area contributed by atoms with Gasteiger partial charge < -0.3 is 4.90 Å². The average molecular weight is 225 g/mol. The smallest absolute Gasteiger partial charge is 0.290 e. The minimum Gasteiger partial charge on any atom is -0.337 e. The number of nitrogens with zero attached hydrogens (tertiary/aromatic N) is 1. The third-order valence-electron chi connectivity index (χ3n) is 2.07. The zero-order chi connectivity index (χ0) is 12.7. The Morgan fingerprint density at radius 3 is 1.94 bits per heavy atom. The Labute approximate surface area is 96.3 Å². The Balaban J connectivity index is 4.42. The van der Waals surface area contributed by atoms with Crippen LogP contribution in [0.15, 0.2) is 11.6 Å². The van der Waals surface area contributed by atoms with E-state index in [-0.39, 0.29) is 12.2 Å². The maximum atomic E-state index is 11.5. The highest BCUT2D eigenvalue weighted by Crippen LogP contribution is 1.98. The van der Waals surface area contributed by atoms with E-state index in [1.165, 1.54) is 11.0 Å². The van der Waals surface area contributed by atoms with Crippen LogP contribution in [0.2, 0.25) is 0 Å². The lowest BCUT2D eigenvalue weighted by Crippen LogP contribution is -2.36. The molecule has 0 bridgehead atoms. The monoisotopic (exact) mass is 225 g/mol. The molecule has 0 fully saturated rings. The van der Waals surface area contributed by atoms with Crippen LogP contribution in [0.5, 0.6) is 0 Å². The van der Waals surface area contributed by atoms with Crippen LogP contribution in [0.1, 0.15) is 34.1 Å². The van der Waals surface area contributed by atoms with Crippen LogP contribution in [0, 0.1) is 0 Å². The number of amides is 1. The van der Waals surface area contributed by atoms with Gasteiger partial charge in [0.25, 0.3) is 5.91 Å². The van der Waals surface area contributed by atoms with Gasteiger partial charge in [0.15, 0.2) is 5.78 Å². The number of hydrogen-bond acceptors (Lipinski definition) is 3. The first-order chi connectivity index (χ1) is 7.42. The molecule has 0 aliphatic heterocycles. The van der Waals surface area contributed by atoms with Crippen LogP contribution in [0.4, 0.5) is 0 Å². The lowest BCUT2D eigenvalue weighted by Gasteiger charge is -2.16. The maximum Gasteiger partial charge on any atom is 0.290 e. The van der Waals surface area contributed by atoms with Crippen molar-refractivity contribution < 1.29 is 14.4 Å². The first-order valence-electron chi connectivity index (χ1n) is 5.42. The zero-order valence-corrected chi connectivity index (χ0v) is 10.4. The number of carbonyl (C=O) groups is 3. The molecular formula is C12H19NO3. The summed E-state index contributed by atoms with van der Waals surface area (Å²) in [5, 5.41) is 0. The highest BCUT2D eigenvalue weighted by molar-refractivity contribution is 6.39. The lowest BCUT2D eigenvalue weighted by molar-refractivity contribution is -0.145. The fourth-order valence-electron chi connectivity index (χ4n) is 1.29. The van der Waals surface area contributed by atoms with Crippen molar-refractivity contribution in [3.63, 3.8) is 0 Å². The van der Waals surface area contributed by atoms with Crippen molar-refractivity contribution in [2.45, 2.75) is 34.1 Å². The summed E-state index contributed by atoms with van der Waals surface area (Å²) >= 11 is 0. The van der Waals surface area contributed by atoms with Gasteiger partial charge in [0, 0.05) is 13.1 Å². The molecule has 0 N–H and O–H groups in total. The van der Waals surface area contributed by atoms with Gasteiger partial charge in [-0.3, -0.25) is 14.4 Å². The SMILES string of the molecule is CCN(CC)C(=O)C(=O)CC(=O)C=C(C)C. The number of carbonyl (C=O) groups excluding carboxylic acids is 3. The molecule has 16 heavy (non-hydrogen) atoms. The Hall–Kier alpha value is -1.45. The van der Waals surface area contributed by atoms with E-state index in [0.29, 0.717) is 13.1 Å². The zero-order valence-electron chi connectivity index (χ0n) is 10.4. The van der Waals surface area contributed by atoms with E-state index < -0.39 is 11.7 Å². The van der Waals surface area contributed by atoms with Crippen LogP contribution in [0.25, 0.3) is 0 Å². The van der Waals surface area contributed by atoms with Crippen molar-refractivity contribution in [3.8, 4) is 0 Å². The standard InChI is InChI=1S/C12H19NO3/c1-5-13(6-2)12(16)11(15)8-10(14)7-9(3)4/h7H,5-6,8H2,1-4H3. The second-order valence-electron chi connectivity index (χ2n) is 3.77. The number of Topliss-reactive ketones (excluding diaryl/α,β-unsaturated/α-hetero) is 1. The third kappa shape index (κ3) is 4.87. The molecule has 0 heterocycles. The van der Waals surface area contributed by atoms with Crippen LogP contribution in [-0.4, -0.2) is 35.5 Å². The minimum atomic E-state index is -0.633. The van der Waals surface area contributed by atoms with Gasteiger partial charge in [0.05, 0.1) is 6.42 Å². The van der Waals surface area contributed by atoms with Crippen LogP contribution < -0.4 is 0 Å². The maximum absolute atomic E-state index is 11.5. The van der Waals surface area contributed by atoms with E-state index >= 15 is 0 Å². The van der Waals surface area contributed by atoms with Gasteiger partial charge in [-0.2, -0.15) is 0 Å². The molecule has 0 aliphatic carbocycles. The number of hydrogen-bond donors (Lipinski definition) is 0. The Bertz CT molecular complexity index is 310. The minimum absolute atomic E-state index is 0.314. The third-order valence-corrected chi connectivity index (χ3v) is 2.07. The predicted molar refractivity (Wildman–Crippen MR) is 62.0 cm³/mol. The topological polar surface area (TPSA) is 54.5 Å². The van der Waals surface area contributed by atoms with Gasteiger partial charge in [0.2, 0.25) is 5.78 Å². The molecule has 0 saturated carbocycles. The summed E-state index contributed by atoms with van der Waals surface area (Å²) in [5.74, 6) is -1.52. The molecule has 0 rings (SSSR count). The number of likely N-dealkylation sites (N-methyl/N-ethyl adjacent to an activating group) is 1. The number of ketones is 2. The quantitative estimate of drug-likeness (QED) is 0.389. The number of allylic oxidation sites excluding steroid dienone is 2. The van der Waals surface area contributed by atoms with Gasteiger partial charge in [-0.15, -0.1) is 0 Å². The summed E-state index contributed by atoms with van der Waals surface area (Å²) in [6, 6.07) is 0. The molecule has 0 aromatic heterocycles. The van der Waals surface area contributed by atoms with E-state index in [2.05, 4.69) is 0 Å². The van der Waals surface area contributed by atoms with Crippen molar-refractivity contribution in [2.24, 2.45) is 0 Å². The molecule has 0 atom stereocenters. The molecule has 0 aromatic carbocycles. The van der Waals surface area contributed by atoms with E-state index in [0.717, 1.165) is 5.57 Å². The largest absolute Gasteiger partial charge is 0.337 e. The summed E-state index contributed by atoms with van der Waals surface area (Å²) in [6.45, 7) is 8.11. The second kappa shape index (κ2) is 6.93. The van der Waals surface area contributed by atoms with Crippen molar-refractivity contribution in [2.75, 3.05) is 13.1 Å². The Morgan fingerprint density at radius 2 is 1.56 bits per heavy atom. The summed E-state index contributed by atoms with van der Waals surface area (Å²) < 4.78 is 0. The Kier molecular flexibility index (Phi) is 6.30. The van der Waals surface area contributed by atoms with Gasteiger partial charge in [-0.25, -0.2) is 0 Å². The highest BCUT2D eigenvalue weighted by Gasteiger charge is 2.20. The fraction of sp³-hybridized carbons (Fsp3) is 0.583. The van der Waals surface area contributed by atoms with E-state index in [9.17, 15) is 14.4 Å². The normalized spacial score (nSPS) is 9.50. The molecule has 0 spiro atoms. The molecular weight excluding hydrogens is 206 g/mol. The second-order valence-corrected chi connectivity index (χ2v) is 3.77. The summed E-state index contributed by atoms with van der Waals surface area (Å²) in [6.07, 6.45) is 1.05. The van der Waals surface area contributed by atoms with E-state index in [1.807, 2.05) is 0 Å². The Morgan fingerprint density at radius 1 is 1.06 bits per heavy atom. The van der Waals surface area contributed by atoms with Crippen molar-refractivity contribution in [3.05, 3.63) is 11.6 Å². The van der Waals surface area contributed by atoms with Crippen LogP contribution in [-0.2, 0) is 14.4 Å². The van der Waals surface area contributed by atoms with Crippen molar-refractivity contribution in [1.82, 2.24) is 4.90 Å². The number of rotatable bonds is 6. The summed E-state index contributed by atoms with van der Waals surface area (Å²) in [7, 11) is 0. The first kappa shape index (κ1) is 14.6. The van der Waals surface area contributed by atoms with Gasteiger partial charge in [0.1, 0.15) is 0 Å². The summed E-state index contributed by atoms with van der Waals surface area (Å²) in [5.41, 5.74) is 0.827. The molecule has 0 saturated heterocycles. The molecule has 0 unspecified atom stereocenters. The average Bonchev–Trinajstić information content (AvgIpc) is 2.17. The molecule has 4 heteroatoms. The van der Waals surface area contributed by atoms with Crippen LogP contribution >= 0.6 is 0 Å². The van der Waals surface area contributed by atoms with E-state index in [1.54, 1.807) is 27.7 Å². The van der Waals surface area contributed by atoms with Crippen molar-refractivity contribution >= 4 is 17.5 Å². The predicted octanol–water partition coefficient (Wildman–Crippen LogP) is 1.35. The molecule has 0 radical (unpaired) electrons. The highest BCUT2D eigenvalue weighted by atomic mass is 16.2. The van der Waals surface area contributed by atoms with Crippen molar-refractivity contribution in [1.29, 1.82) is 0 Å². The summed E-state index contributed by atoms with van der Waals surface area (Å²) in [4.78, 5) is 35.7. The van der Waals surface area contributed by atoms with Gasteiger partial charge in [-0.05, 0) is 33.8 Å². The van der Waals surface area contributed by atoms with E-state index in [4.69, 9.17) is 0 Å². The lowest BCUT2D eigenvalue weighted by atomic mass is 10.1. The first-order valence-corrected chi connectivity index (χ1v) is 5.42. The molecule has 1 amide bonds. The fourth-order valence-corrected chi connectivity index (χ4v) is 1.29. The molecule has 0 aromatic rings. The molecule has 0 aliphatic rings. The van der Waals surface area contributed by atoms with Gasteiger partial charge >= 0.3 is 0 Å². The van der Waals surface area contributed by atoms with Crippen LogP contribution in [0.3, 0.4) is 0 Å².